The molecule has 0 saturated heterocycles. The molecule has 4 atom stereocenters. The molecule has 4 fully saturated rings. The number of hydrogen-bond acceptors (Lipinski definition) is 1. The molecule has 0 N–H and O–H groups in total. The maximum Gasteiger partial charge on any atom is 0.151 e. The van der Waals surface area contributed by atoms with Gasteiger partial charge in [0.25, 0.3) is 0 Å². The first-order valence-corrected chi connectivity index (χ1v) is 6.61. The van der Waals surface area contributed by atoms with E-state index in [-0.39, 0.29) is 3.42 Å². The number of rotatable bonds is 0. The molecule has 3 heteroatoms. The second-order valence-electron chi connectivity index (χ2n) is 4.58. The summed E-state index contributed by atoms with van der Waals surface area (Å²) in [5.74, 6) is 1.87. The van der Waals surface area contributed by atoms with E-state index in [4.69, 9.17) is 0 Å². The van der Waals surface area contributed by atoms with E-state index in [1.807, 2.05) is 0 Å². The molecule has 4 bridgehead atoms. The summed E-state index contributed by atoms with van der Waals surface area (Å²) < 4.78 is 0.572. The van der Waals surface area contributed by atoms with Gasteiger partial charge < -0.3 is 0 Å². The number of Topliss-reactive ketones (excluding diaryl/α,β-unsaturated/α-hetero) is 1. The normalized spacial score (nSPS) is 61.7. The highest BCUT2D eigenvalue weighted by Gasteiger charge is 2.66. The van der Waals surface area contributed by atoms with Gasteiger partial charge in [-0.1, -0.05) is 45.2 Å². The van der Waals surface area contributed by atoms with Crippen LogP contribution >= 0.6 is 45.2 Å². The Bertz CT molecular complexity index is 278. The van der Waals surface area contributed by atoms with Crippen LogP contribution < -0.4 is 0 Å². The zero-order valence-corrected chi connectivity index (χ0v) is 11.0. The lowest BCUT2D eigenvalue weighted by Crippen LogP contribution is -2.41. The second-order valence-corrected chi connectivity index (χ2v) is 8.79. The van der Waals surface area contributed by atoms with E-state index in [2.05, 4.69) is 45.2 Å². The van der Waals surface area contributed by atoms with Crippen LogP contribution in [0.5, 0.6) is 0 Å². The molecule has 4 rings (SSSR count). The van der Waals surface area contributed by atoms with Gasteiger partial charge in [-0.2, -0.15) is 0 Å². The first-order valence-electron chi connectivity index (χ1n) is 4.46. The van der Waals surface area contributed by atoms with Crippen LogP contribution in [-0.4, -0.2) is 12.6 Å². The first-order chi connectivity index (χ1) is 5.54. The standard InChI is InChI=1S/C9H10I2O/c10-8-2-5-1-6(8)3-9(11,4-8)7(5)12/h5-6H,1-4H2. The maximum absolute atomic E-state index is 11.9. The lowest BCUT2D eigenvalue weighted by atomic mass is 9.80. The van der Waals surface area contributed by atoms with Crippen LogP contribution in [0, 0.1) is 11.8 Å². The summed E-state index contributed by atoms with van der Waals surface area (Å²) in [5.41, 5.74) is 0. The van der Waals surface area contributed by atoms with Gasteiger partial charge >= 0.3 is 0 Å². The SMILES string of the molecule is O=C1C2CC3CC1(I)CC3(I)C2. The Labute approximate surface area is 99.3 Å². The number of ketones is 1. The van der Waals surface area contributed by atoms with Gasteiger partial charge in [-0.3, -0.25) is 4.79 Å². The molecule has 0 amide bonds. The molecule has 4 saturated carbocycles. The Balaban J connectivity index is 2.12. The lowest BCUT2D eigenvalue weighted by Gasteiger charge is -2.33. The zero-order valence-electron chi connectivity index (χ0n) is 6.65. The topological polar surface area (TPSA) is 17.1 Å². The van der Waals surface area contributed by atoms with Crippen LogP contribution in [0.4, 0.5) is 0 Å². The fourth-order valence-corrected chi connectivity index (χ4v) is 7.42. The van der Waals surface area contributed by atoms with E-state index in [0.717, 1.165) is 12.3 Å². The van der Waals surface area contributed by atoms with Crippen molar-refractivity contribution in [3.63, 3.8) is 0 Å². The molecular formula is C9H10I2O. The summed E-state index contributed by atoms with van der Waals surface area (Å²) in [6.45, 7) is 0. The quantitative estimate of drug-likeness (QED) is 0.461. The lowest BCUT2D eigenvalue weighted by molar-refractivity contribution is -0.126. The maximum atomic E-state index is 11.9. The number of alkyl halides is 2. The first kappa shape index (κ1) is 8.44. The van der Waals surface area contributed by atoms with Crippen molar-refractivity contribution in [2.75, 3.05) is 0 Å². The number of carbonyl (C=O) groups is 1. The molecule has 4 unspecified atom stereocenters. The summed E-state index contributed by atoms with van der Waals surface area (Å²) in [7, 11) is 0. The number of carbonyl (C=O) groups excluding carboxylic acids is 1. The Morgan fingerprint density at radius 3 is 2.67 bits per heavy atom. The van der Waals surface area contributed by atoms with E-state index < -0.39 is 0 Å². The van der Waals surface area contributed by atoms with Gasteiger partial charge in [0, 0.05) is 9.34 Å². The highest BCUT2D eigenvalue weighted by molar-refractivity contribution is 14.1. The highest BCUT2D eigenvalue weighted by atomic mass is 127. The molecule has 0 aromatic carbocycles. The predicted octanol–water partition coefficient (Wildman–Crippen LogP) is 2.74. The minimum atomic E-state index is 0.0603. The predicted molar refractivity (Wildman–Crippen MR) is 64.0 cm³/mol. The van der Waals surface area contributed by atoms with Crippen molar-refractivity contribution < 1.29 is 4.79 Å². The molecule has 0 aliphatic heterocycles. The Morgan fingerprint density at radius 1 is 1.33 bits per heavy atom. The van der Waals surface area contributed by atoms with Crippen molar-refractivity contribution in [3.8, 4) is 0 Å². The van der Waals surface area contributed by atoms with Gasteiger partial charge in [0.05, 0.1) is 3.42 Å². The Hall–Kier alpha value is 1.13. The molecule has 0 spiro atoms. The molecule has 12 heavy (non-hydrogen) atoms. The van der Waals surface area contributed by atoms with Crippen LogP contribution in [0.3, 0.4) is 0 Å². The fourth-order valence-electron chi connectivity index (χ4n) is 3.38. The van der Waals surface area contributed by atoms with Crippen molar-refractivity contribution in [3.05, 3.63) is 0 Å². The monoisotopic (exact) mass is 388 g/mol. The molecule has 4 aliphatic rings. The van der Waals surface area contributed by atoms with Crippen molar-refractivity contribution in [1.82, 2.24) is 0 Å². The Kier molecular flexibility index (Phi) is 1.55. The number of hydrogen-bond donors (Lipinski definition) is 0. The third kappa shape index (κ3) is 0.828. The molecule has 66 valence electrons. The summed E-state index contributed by atoms with van der Waals surface area (Å²) >= 11 is 5.05. The zero-order chi connectivity index (χ0) is 8.56. The van der Waals surface area contributed by atoms with Gasteiger partial charge in [-0.25, -0.2) is 0 Å². The van der Waals surface area contributed by atoms with Gasteiger partial charge in [0.2, 0.25) is 0 Å². The van der Waals surface area contributed by atoms with E-state index in [1.165, 1.54) is 19.3 Å². The smallest absolute Gasteiger partial charge is 0.151 e. The third-order valence-corrected chi connectivity index (χ3v) is 6.90. The van der Waals surface area contributed by atoms with Crippen LogP contribution in [0.1, 0.15) is 25.7 Å². The second kappa shape index (κ2) is 2.20. The van der Waals surface area contributed by atoms with E-state index in [9.17, 15) is 4.79 Å². The Morgan fingerprint density at radius 2 is 2.08 bits per heavy atom. The molecule has 0 aromatic rings. The van der Waals surface area contributed by atoms with Crippen molar-refractivity contribution in [2.45, 2.75) is 32.5 Å². The molecule has 0 aromatic heterocycles. The van der Waals surface area contributed by atoms with Crippen LogP contribution in [0.25, 0.3) is 0 Å². The summed E-state index contributed by atoms with van der Waals surface area (Å²) in [6, 6.07) is 0. The summed E-state index contributed by atoms with van der Waals surface area (Å²) in [6.07, 6.45) is 4.71. The summed E-state index contributed by atoms with van der Waals surface area (Å²) in [5, 5.41) is 0. The molecule has 0 radical (unpaired) electrons. The summed E-state index contributed by atoms with van der Waals surface area (Å²) in [4.78, 5) is 11.9. The largest absolute Gasteiger partial charge is 0.298 e. The molecule has 4 aliphatic carbocycles. The van der Waals surface area contributed by atoms with Crippen LogP contribution in [-0.2, 0) is 4.79 Å². The van der Waals surface area contributed by atoms with Crippen molar-refractivity contribution >= 4 is 51.0 Å². The molecular weight excluding hydrogens is 378 g/mol. The van der Waals surface area contributed by atoms with Gasteiger partial charge in [-0.05, 0) is 31.6 Å². The average molecular weight is 388 g/mol. The number of halogens is 2. The van der Waals surface area contributed by atoms with Gasteiger partial charge in [-0.15, -0.1) is 0 Å². The third-order valence-electron chi connectivity index (χ3n) is 3.84. The minimum absolute atomic E-state index is 0.0603. The van der Waals surface area contributed by atoms with Crippen molar-refractivity contribution in [1.29, 1.82) is 0 Å². The van der Waals surface area contributed by atoms with Gasteiger partial charge in [0.1, 0.15) is 0 Å². The van der Waals surface area contributed by atoms with Crippen LogP contribution in [0.15, 0.2) is 0 Å². The fraction of sp³-hybridized carbons (Fsp3) is 0.889. The van der Waals surface area contributed by atoms with Crippen molar-refractivity contribution in [2.24, 2.45) is 11.8 Å². The minimum Gasteiger partial charge on any atom is -0.298 e. The molecule has 0 heterocycles. The highest BCUT2D eigenvalue weighted by Crippen LogP contribution is 2.67. The van der Waals surface area contributed by atoms with Gasteiger partial charge in [0.15, 0.2) is 5.78 Å². The molecule has 1 nitrogen and oxygen atoms in total. The van der Waals surface area contributed by atoms with E-state index >= 15 is 0 Å². The average Bonchev–Trinajstić information content (AvgIpc) is 2.30. The van der Waals surface area contributed by atoms with E-state index in [0.29, 0.717) is 15.1 Å². The van der Waals surface area contributed by atoms with E-state index in [1.54, 1.807) is 0 Å². The van der Waals surface area contributed by atoms with Crippen LogP contribution in [0.2, 0.25) is 0 Å².